The third-order valence-corrected chi connectivity index (χ3v) is 8.44. The molecule has 0 unspecified atom stereocenters. The largest absolute Gasteiger partial charge is 0.448 e. The summed E-state index contributed by atoms with van der Waals surface area (Å²) in [4.78, 5) is 14.1. The average Bonchev–Trinajstić information content (AvgIpc) is 3.54. The monoisotopic (exact) mass is 794 g/mol. The highest BCUT2D eigenvalue weighted by Crippen LogP contribution is 2.44. The molecule has 318 valence electrons. The van der Waals surface area contributed by atoms with Crippen LogP contribution in [0, 0.1) is 0 Å². The van der Waals surface area contributed by atoms with Crippen LogP contribution in [0.4, 0.5) is 4.79 Å². The number of rotatable bonds is 38. The molecule has 0 fully saturated rings. The summed E-state index contributed by atoms with van der Waals surface area (Å²) in [7, 11) is 3.61. The zero-order chi connectivity index (χ0) is 39.6. The number of hydrogen-bond donors (Lipinski definition) is 1. The number of nitrogens with one attached hydrogen (secondary N) is 1. The first-order valence-corrected chi connectivity index (χ1v) is 19.8. The van der Waals surface area contributed by atoms with Gasteiger partial charge in [0.05, 0.1) is 145 Å². The Labute approximate surface area is 333 Å². The Balaban J connectivity index is 0.961. The minimum Gasteiger partial charge on any atom is -0.448 e. The molecule has 0 radical (unpaired) electrons. The molecule has 3 rings (SSSR count). The van der Waals surface area contributed by atoms with Gasteiger partial charge in [-0.1, -0.05) is 48.5 Å². The van der Waals surface area contributed by atoms with Gasteiger partial charge in [0.1, 0.15) is 6.61 Å². The number of fused-ring (bicyclic) bond motifs is 3. The minimum absolute atomic E-state index is 0.0382. The van der Waals surface area contributed by atoms with Gasteiger partial charge in [-0.3, -0.25) is 0 Å². The lowest BCUT2D eigenvalue weighted by atomic mass is 9.98. The third-order valence-electron chi connectivity index (χ3n) is 8.44. The zero-order valence-corrected chi connectivity index (χ0v) is 33.6. The molecule has 1 aliphatic rings. The van der Waals surface area contributed by atoms with E-state index in [1.54, 1.807) is 7.05 Å². The number of hydrogen-bond acceptors (Lipinski definition) is 14. The van der Waals surface area contributed by atoms with Crippen molar-refractivity contribution < 1.29 is 61.6 Å². The molecule has 0 aromatic heterocycles. The number of carbonyl (C=O) groups excluding carboxylic acids is 1. The van der Waals surface area contributed by atoms with E-state index in [2.05, 4.69) is 29.6 Å². The van der Waals surface area contributed by atoms with Crippen LogP contribution in [-0.4, -0.2) is 190 Å². The molecule has 15 heteroatoms. The first-order valence-electron chi connectivity index (χ1n) is 19.8. The Morgan fingerprint density at radius 2 is 0.786 bits per heavy atom. The zero-order valence-electron chi connectivity index (χ0n) is 33.6. The van der Waals surface area contributed by atoms with Crippen molar-refractivity contribution in [2.45, 2.75) is 5.92 Å². The van der Waals surface area contributed by atoms with Crippen LogP contribution in [0.2, 0.25) is 0 Å². The van der Waals surface area contributed by atoms with E-state index in [9.17, 15) is 4.79 Å². The predicted octanol–water partition coefficient (Wildman–Crippen LogP) is 3.27. The van der Waals surface area contributed by atoms with Gasteiger partial charge in [0.25, 0.3) is 0 Å². The molecule has 0 atom stereocenters. The highest BCUT2D eigenvalue weighted by molar-refractivity contribution is 5.79. The molecule has 0 bridgehead atoms. The van der Waals surface area contributed by atoms with Crippen LogP contribution in [0.3, 0.4) is 0 Å². The number of benzene rings is 2. The smallest absolute Gasteiger partial charge is 0.409 e. The van der Waals surface area contributed by atoms with Crippen molar-refractivity contribution in [1.82, 2.24) is 10.2 Å². The van der Waals surface area contributed by atoms with Crippen LogP contribution in [0.5, 0.6) is 0 Å². The molecular formula is C41H66N2O13. The van der Waals surface area contributed by atoms with E-state index in [0.29, 0.717) is 159 Å². The van der Waals surface area contributed by atoms with Crippen molar-refractivity contribution in [3.63, 3.8) is 0 Å². The van der Waals surface area contributed by atoms with Gasteiger partial charge in [-0.25, -0.2) is 4.79 Å². The summed E-state index contributed by atoms with van der Waals surface area (Å²) < 4.78 is 66.1. The summed E-state index contributed by atoms with van der Waals surface area (Å²) >= 11 is 0. The minimum atomic E-state index is -0.364. The summed E-state index contributed by atoms with van der Waals surface area (Å²) in [6.45, 7) is 12.7. The fourth-order valence-electron chi connectivity index (χ4n) is 5.47. The van der Waals surface area contributed by atoms with Crippen LogP contribution in [0.25, 0.3) is 11.1 Å². The second kappa shape index (κ2) is 33.2. The van der Waals surface area contributed by atoms with E-state index in [1.165, 1.54) is 27.2 Å². The van der Waals surface area contributed by atoms with Gasteiger partial charge in [0.2, 0.25) is 0 Å². The van der Waals surface area contributed by atoms with Gasteiger partial charge in [-0.05, 0) is 29.3 Å². The fraction of sp³-hybridized carbons (Fsp3) is 0.683. The molecule has 2 aromatic carbocycles. The van der Waals surface area contributed by atoms with Gasteiger partial charge in [-0.2, -0.15) is 0 Å². The molecule has 1 N–H and O–H groups in total. The SMILES string of the molecule is CNCCOCCOCCOCCOCCOCCOCCOCCOCCOCCOCCOCCN(C)C(=O)OCC1c2ccccc2-c2ccccc21. The summed E-state index contributed by atoms with van der Waals surface area (Å²) in [6, 6.07) is 16.6. The maximum atomic E-state index is 12.6. The molecule has 15 nitrogen and oxygen atoms in total. The molecule has 56 heavy (non-hydrogen) atoms. The lowest BCUT2D eigenvalue weighted by molar-refractivity contribution is -0.0275. The van der Waals surface area contributed by atoms with E-state index in [1.807, 2.05) is 31.3 Å². The average molecular weight is 795 g/mol. The molecular weight excluding hydrogens is 728 g/mol. The Morgan fingerprint density at radius 1 is 0.482 bits per heavy atom. The van der Waals surface area contributed by atoms with Gasteiger partial charge in [-0.15, -0.1) is 0 Å². The van der Waals surface area contributed by atoms with E-state index >= 15 is 0 Å². The molecule has 1 aliphatic carbocycles. The van der Waals surface area contributed by atoms with Crippen LogP contribution < -0.4 is 5.32 Å². The van der Waals surface area contributed by atoms with E-state index in [-0.39, 0.29) is 12.0 Å². The first-order chi connectivity index (χ1) is 27.7. The van der Waals surface area contributed by atoms with E-state index in [0.717, 1.165) is 6.54 Å². The van der Waals surface area contributed by atoms with E-state index in [4.69, 9.17) is 56.8 Å². The molecule has 0 spiro atoms. The third kappa shape index (κ3) is 21.7. The number of likely N-dealkylation sites (N-methyl/N-ethyl adjacent to an activating group) is 2. The number of ether oxygens (including phenoxy) is 12. The van der Waals surface area contributed by atoms with Gasteiger partial charge in [0, 0.05) is 26.1 Å². The van der Waals surface area contributed by atoms with Crippen LogP contribution in [0.1, 0.15) is 17.0 Å². The van der Waals surface area contributed by atoms with Crippen LogP contribution >= 0.6 is 0 Å². The number of amides is 1. The van der Waals surface area contributed by atoms with Gasteiger partial charge < -0.3 is 67.1 Å². The molecule has 0 aliphatic heterocycles. The molecule has 0 saturated heterocycles. The van der Waals surface area contributed by atoms with E-state index < -0.39 is 0 Å². The summed E-state index contributed by atoms with van der Waals surface area (Å²) in [6.07, 6.45) is -0.364. The van der Waals surface area contributed by atoms with Crippen molar-refractivity contribution >= 4 is 6.09 Å². The van der Waals surface area contributed by atoms with Crippen LogP contribution in [-0.2, 0) is 56.8 Å². The van der Waals surface area contributed by atoms with Crippen LogP contribution in [0.15, 0.2) is 48.5 Å². The normalized spacial score (nSPS) is 12.2. The maximum absolute atomic E-state index is 12.6. The lowest BCUT2D eigenvalue weighted by Gasteiger charge is -2.19. The van der Waals surface area contributed by atoms with Gasteiger partial charge in [0.15, 0.2) is 0 Å². The highest BCUT2D eigenvalue weighted by Gasteiger charge is 2.29. The molecule has 0 saturated carbocycles. The van der Waals surface area contributed by atoms with Crippen molar-refractivity contribution in [3.05, 3.63) is 59.7 Å². The van der Waals surface area contributed by atoms with Crippen molar-refractivity contribution in [2.75, 3.05) is 179 Å². The molecule has 2 aromatic rings. The van der Waals surface area contributed by atoms with Crippen molar-refractivity contribution in [1.29, 1.82) is 0 Å². The fourth-order valence-corrected chi connectivity index (χ4v) is 5.47. The van der Waals surface area contributed by atoms with Crippen molar-refractivity contribution in [3.8, 4) is 11.1 Å². The molecule has 1 amide bonds. The standard InChI is InChI=1S/C41H66N2O13/c1-42-11-13-45-15-17-47-19-21-49-23-25-51-27-29-53-31-33-55-34-32-54-30-28-52-26-24-50-22-20-48-18-16-46-14-12-43(2)41(44)56-35-40-38-9-5-3-7-36(38)37-8-4-6-10-39(37)40/h3-10,40,42H,11-35H2,1-2H3. The lowest BCUT2D eigenvalue weighted by Crippen LogP contribution is -2.32. The van der Waals surface area contributed by atoms with Crippen molar-refractivity contribution in [2.24, 2.45) is 0 Å². The Morgan fingerprint density at radius 3 is 1.12 bits per heavy atom. The second-order valence-electron chi connectivity index (χ2n) is 12.6. The maximum Gasteiger partial charge on any atom is 0.409 e. The second-order valence-corrected chi connectivity index (χ2v) is 12.6. The predicted molar refractivity (Wildman–Crippen MR) is 211 cm³/mol. The first kappa shape index (κ1) is 47.6. The Kier molecular flexibility index (Phi) is 28.2. The summed E-state index contributed by atoms with van der Waals surface area (Å²) in [5.74, 6) is 0.0382. The molecule has 0 heterocycles. The Bertz CT molecular complexity index is 1200. The summed E-state index contributed by atoms with van der Waals surface area (Å²) in [5, 5.41) is 3.02. The quantitative estimate of drug-likeness (QED) is 0.0994. The summed E-state index contributed by atoms with van der Waals surface area (Å²) in [5.41, 5.74) is 4.80. The highest BCUT2D eigenvalue weighted by atomic mass is 16.6. The Hall–Kier alpha value is -2.77. The topological polar surface area (TPSA) is 143 Å². The number of nitrogens with zero attached hydrogens (tertiary/aromatic N) is 1. The number of carbonyl (C=O) groups is 1. The van der Waals surface area contributed by atoms with Gasteiger partial charge >= 0.3 is 6.09 Å².